The summed E-state index contributed by atoms with van der Waals surface area (Å²) in [6.45, 7) is 8.63. The zero-order valence-electron chi connectivity index (χ0n) is 11.4. The summed E-state index contributed by atoms with van der Waals surface area (Å²) in [5.41, 5.74) is 0.199. The van der Waals surface area contributed by atoms with Crippen molar-refractivity contribution in [3.63, 3.8) is 0 Å². The lowest BCUT2D eigenvalue weighted by Crippen LogP contribution is -2.60. The number of rotatable bonds is 4. The molecule has 3 atom stereocenters. The molecule has 1 aliphatic carbocycles. The van der Waals surface area contributed by atoms with Gasteiger partial charge in [-0.2, -0.15) is 0 Å². The van der Waals surface area contributed by atoms with Crippen molar-refractivity contribution < 1.29 is 9.15 Å². The van der Waals surface area contributed by atoms with Gasteiger partial charge in [-0.05, 0) is 32.4 Å². The molecule has 17 heavy (non-hydrogen) atoms. The molecule has 1 heterocycles. The van der Waals surface area contributed by atoms with Crippen LogP contribution in [0.25, 0.3) is 0 Å². The minimum atomic E-state index is 0.199. The molecule has 1 aliphatic rings. The van der Waals surface area contributed by atoms with Crippen molar-refractivity contribution in [1.82, 2.24) is 5.32 Å². The number of hydrogen-bond donors (Lipinski definition) is 1. The van der Waals surface area contributed by atoms with E-state index in [1.165, 1.54) is 0 Å². The summed E-state index contributed by atoms with van der Waals surface area (Å²) >= 11 is 0. The van der Waals surface area contributed by atoms with Crippen LogP contribution < -0.4 is 5.32 Å². The molecule has 1 saturated carbocycles. The molecule has 0 bridgehead atoms. The largest absolute Gasteiger partial charge is 0.465 e. The van der Waals surface area contributed by atoms with Gasteiger partial charge < -0.3 is 14.5 Å². The van der Waals surface area contributed by atoms with E-state index in [1.807, 2.05) is 19.1 Å². The first-order valence-corrected chi connectivity index (χ1v) is 6.30. The predicted molar refractivity (Wildman–Crippen MR) is 68.0 cm³/mol. The van der Waals surface area contributed by atoms with Gasteiger partial charge in [0.25, 0.3) is 0 Å². The minimum absolute atomic E-state index is 0.199. The Balaban J connectivity index is 1.95. The lowest BCUT2D eigenvalue weighted by atomic mass is 9.64. The summed E-state index contributed by atoms with van der Waals surface area (Å²) in [6, 6.07) is 4.81. The summed E-state index contributed by atoms with van der Waals surface area (Å²) in [5, 5.41) is 3.63. The van der Waals surface area contributed by atoms with Crippen molar-refractivity contribution in [1.29, 1.82) is 0 Å². The summed E-state index contributed by atoms with van der Waals surface area (Å²) in [6.07, 6.45) is 1.44. The number of hydrogen-bond acceptors (Lipinski definition) is 3. The van der Waals surface area contributed by atoms with Crippen LogP contribution in [0.2, 0.25) is 0 Å². The van der Waals surface area contributed by atoms with Crippen molar-refractivity contribution in [3.8, 4) is 0 Å². The summed E-state index contributed by atoms with van der Waals surface area (Å²) in [7, 11) is 1.79. The molecule has 1 fully saturated rings. The first-order chi connectivity index (χ1) is 7.95. The second-order valence-electron chi connectivity index (χ2n) is 5.67. The van der Waals surface area contributed by atoms with Crippen LogP contribution in [0.5, 0.6) is 0 Å². The Morgan fingerprint density at radius 2 is 2.18 bits per heavy atom. The maximum atomic E-state index is 5.64. The van der Waals surface area contributed by atoms with Crippen LogP contribution >= 0.6 is 0 Å². The third-order valence-corrected chi connectivity index (χ3v) is 4.10. The van der Waals surface area contributed by atoms with Crippen LogP contribution in [0.15, 0.2) is 16.5 Å². The van der Waals surface area contributed by atoms with E-state index in [9.17, 15) is 0 Å². The first kappa shape index (κ1) is 12.7. The summed E-state index contributed by atoms with van der Waals surface area (Å²) in [5.74, 6) is 1.98. The molecule has 3 heteroatoms. The van der Waals surface area contributed by atoms with Gasteiger partial charge in [0.05, 0.1) is 12.1 Å². The zero-order valence-corrected chi connectivity index (χ0v) is 11.4. The number of nitrogens with one attached hydrogen (secondary N) is 1. The lowest BCUT2D eigenvalue weighted by molar-refractivity contribution is -0.100. The van der Waals surface area contributed by atoms with Gasteiger partial charge in [0, 0.05) is 18.6 Å². The van der Waals surface area contributed by atoms with Gasteiger partial charge in [0.2, 0.25) is 0 Å². The Kier molecular flexibility index (Phi) is 3.32. The summed E-state index contributed by atoms with van der Waals surface area (Å²) in [4.78, 5) is 0. The van der Waals surface area contributed by atoms with Crippen molar-refractivity contribution in [3.05, 3.63) is 23.7 Å². The van der Waals surface area contributed by atoms with Crippen LogP contribution in [0.3, 0.4) is 0 Å². The van der Waals surface area contributed by atoms with Crippen molar-refractivity contribution in [2.75, 3.05) is 7.11 Å². The monoisotopic (exact) mass is 237 g/mol. The highest BCUT2D eigenvalue weighted by Crippen LogP contribution is 2.43. The van der Waals surface area contributed by atoms with Gasteiger partial charge in [0.1, 0.15) is 11.5 Å². The van der Waals surface area contributed by atoms with Crippen LogP contribution in [0.4, 0.5) is 0 Å². The fraction of sp³-hybridized carbons (Fsp3) is 0.714. The second kappa shape index (κ2) is 4.46. The normalized spacial score (nSPS) is 28.8. The maximum Gasteiger partial charge on any atom is 0.120 e. The van der Waals surface area contributed by atoms with Crippen LogP contribution in [-0.2, 0) is 4.74 Å². The van der Waals surface area contributed by atoms with Crippen LogP contribution in [0.1, 0.15) is 44.8 Å². The highest BCUT2D eigenvalue weighted by molar-refractivity contribution is 5.11. The van der Waals surface area contributed by atoms with Crippen molar-refractivity contribution in [2.45, 2.75) is 52.3 Å². The molecule has 3 unspecified atom stereocenters. The lowest BCUT2D eigenvalue weighted by Gasteiger charge is -2.52. The summed E-state index contributed by atoms with van der Waals surface area (Å²) < 4.78 is 11.1. The smallest absolute Gasteiger partial charge is 0.120 e. The number of furan rings is 1. The molecule has 0 spiro atoms. The van der Waals surface area contributed by atoms with Gasteiger partial charge in [-0.15, -0.1) is 0 Å². The van der Waals surface area contributed by atoms with Gasteiger partial charge in [-0.3, -0.25) is 0 Å². The molecule has 0 aromatic carbocycles. The average molecular weight is 237 g/mol. The third kappa shape index (κ3) is 2.26. The Hall–Kier alpha value is -0.800. The van der Waals surface area contributed by atoms with Crippen molar-refractivity contribution in [2.24, 2.45) is 5.41 Å². The van der Waals surface area contributed by atoms with E-state index in [2.05, 4.69) is 26.1 Å². The maximum absolute atomic E-state index is 5.64. The van der Waals surface area contributed by atoms with E-state index in [0.29, 0.717) is 12.1 Å². The predicted octanol–water partition coefficient (Wildman–Crippen LogP) is 3.05. The molecule has 2 rings (SSSR count). The van der Waals surface area contributed by atoms with E-state index in [0.717, 1.165) is 17.9 Å². The number of methoxy groups -OCH3 is 1. The van der Waals surface area contributed by atoms with E-state index >= 15 is 0 Å². The molecule has 1 aromatic rings. The Labute approximate surface area is 104 Å². The van der Waals surface area contributed by atoms with Gasteiger partial charge in [-0.1, -0.05) is 13.8 Å². The Bertz CT molecular complexity index is 383. The molecule has 3 nitrogen and oxygen atoms in total. The topological polar surface area (TPSA) is 34.4 Å². The second-order valence-corrected chi connectivity index (χ2v) is 5.67. The SMILES string of the molecule is COC1CC(NC(C)c2ccc(C)o2)C1(C)C. The third-order valence-electron chi connectivity index (χ3n) is 4.10. The molecule has 0 radical (unpaired) electrons. The quantitative estimate of drug-likeness (QED) is 0.874. The van der Waals surface area contributed by atoms with Crippen LogP contribution in [-0.4, -0.2) is 19.3 Å². The zero-order chi connectivity index (χ0) is 12.6. The van der Waals surface area contributed by atoms with Gasteiger partial charge >= 0.3 is 0 Å². The van der Waals surface area contributed by atoms with E-state index in [4.69, 9.17) is 9.15 Å². The fourth-order valence-electron chi connectivity index (χ4n) is 2.64. The van der Waals surface area contributed by atoms with Gasteiger partial charge in [-0.25, -0.2) is 0 Å². The Morgan fingerprint density at radius 3 is 2.65 bits per heavy atom. The highest BCUT2D eigenvalue weighted by Gasteiger charge is 2.48. The number of ether oxygens (including phenoxy) is 1. The van der Waals surface area contributed by atoms with Gasteiger partial charge in [0.15, 0.2) is 0 Å². The molecule has 0 saturated heterocycles. The molecular weight excluding hydrogens is 214 g/mol. The van der Waals surface area contributed by atoms with E-state index in [-0.39, 0.29) is 11.5 Å². The fourth-order valence-corrected chi connectivity index (χ4v) is 2.64. The number of aryl methyl sites for hydroxylation is 1. The average Bonchev–Trinajstić information content (AvgIpc) is 2.70. The highest BCUT2D eigenvalue weighted by atomic mass is 16.5. The molecule has 0 aliphatic heterocycles. The van der Waals surface area contributed by atoms with Crippen LogP contribution in [0, 0.1) is 12.3 Å². The Morgan fingerprint density at radius 1 is 1.47 bits per heavy atom. The van der Waals surface area contributed by atoms with E-state index in [1.54, 1.807) is 7.11 Å². The molecule has 0 amide bonds. The van der Waals surface area contributed by atoms with Crippen molar-refractivity contribution >= 4 is 0 Å². The van der Waals surface area contributed by atoms with E-state index < -0.39 is 0 Å². The minimum Gasteiger partial charge on any atom is -0.465 e. The molecule has 1 N–H and O–H groups in total. The molecule has 96 valence electrons. The molecular formula is C14H23NO2. The molecule has 1 aromatic heterocycles. The standard InChI is InChI=1S/C14H23NO2/c1-9-6-7-11(17-9)10(2)15-12-8-13(16-5)14(12,3)4/h6-7,10,12-13,15H,8H2,1-5H3. The first-order valence-electron chi connectivity index (χ1n) is 6.30.